The van der Waals surface area contributed by atoms with Crippen LogP contribution in [0.4, 0.5) is 0 Å². The number of carbonyl (C=O) groups is 2. The van der Waals surface area contributed by atoms with Crippen LogP contribution < -0.4 is 0 Å². The zero-order chi connectivity index (χ0) is 35.0. The number of rotatable bonds is 2. The molecule has 6 nitrogen and oxygen atoms in total. The maximum absolute atomic E-state index is 13.7. The van der Waals surface area contributed by atoms with E-state index in [4.69, 9.17) is 13.1 Å². The number of fused-ring (bicyclic) bond motifs is 9. The maximum Gasteiger partial charge on any atom is 0.270 e. The molecular weight excluding hydrogens is 689 g/mol. The summed E-state index contributed by atoms with van der Waals surface area (Å²) in [4.78, 5) is 38.5. The molecule has 0 N–H and O–H groups in total. The molecule has 0 atom stereocenters. The van der Waals surface area contributed by atoms with Crippen LogP contribution in [-0.4, -0.2) is 11.6 Å². The first-order chi connectivity index (χ1) is 24.9. The molecule has 0 radical (unpaired) electrons. The van der Waals surface area contributed by atoms with Crippen molar-refractivity contribution in [2.75, 3.05) is 0 Å². The highest BCUT2D eigenvalue weighted by molar-refractivity contribution is 7.32. The monoisotopic (exact) mass is 710 g/mol. The molecule has 2 aromatic carbocycles. The predicted octanol–water partition coefficient (Wildman–Crippen LogP) is 11.1. The van der Waals surface area contributed by atoms with Crippen LogP contribution in [0.15, 0.2) is 83.2 Å². The smallest absolute Gasteiger partial charge is 0.270 e. The Hall–Kier alpha value is -5.94. The lowest BCUT2D eigenvalue weighted by molar-refractivity contribution is 0.103. The number of benzene rings is 2. The highest BCUT2D eigenvalue weighted by atomic mass is 32.1. The molecule has 5 aromatic rings. The Morgan fingerprint density at radius 1 is 0.706 bits per heavy atom. The first-order valence-electron chi connectivity index (χ1n) is 16.4. The second-order valence-electron chi connectivity index (χ2n) is 12.9. The summed E-state index contributed by atoms with van der Waals surface area (Å²) < 4.78 is 2.36. The summed E-state index contributed by atoms with van der Waals surface area (Å²) in [6.07, 6.45) is 9.16. The van der Waals surface area contributed by atoms with Crippen molar-refractivity contribution in [2.45, 2.75) is 37.5 Å². The van der Waals surface area contributed by atoms with E-state index in [-0.39, 0.29) is 28.4 Å². The number of ketones is 2. The molecule has 0 amide bonds. The standard InChI is InChI=1S/C42H22N4O2S3/c1-45-31(20-43)34-24-10-4-6-12-26(24)37(47)28(34)16-22-18-30-39(49-22)41-36(42(30)14-8-3-9-15-42)40-33(51-41)19-23(50-40)17-29-35(32(21-44)46-2)25-11-5-7-13-27(25)38(29)48/h4-7,10-13,16-19H,3,8-9,14-15H2/b28-16-,29-17-,34-31+,35-32-. The maximum atomic E-state index is 13.7. The fraction of sp³-hybridized carbons (Fsp3) is 0.143. The normalized spacial score (nSPS) is 20.1. The van der Waals surface area contributed by atoms with E-state index < -0.39 is 0 Å². The van der Waals surface area contributed by atoms with Crippen molar-refractivity contribution in [1.29, 1.82) is 10.5 Å². The van der Waals surface area contributed by atoms with Crippen molar-refractivity contribution in [3.05, 3.63) is 149 Å². The van der Waals surface area contributed by atoms with Gasteiger partial charge in [-0.3, -0.25) is 9.59 Å². The van der Waals surface area contributed by atoms with Gasteiger partial charge in [-0.1, -0.05) is 67.8 Å². The van der Waals surface area contributed by atoms with Gasteiger partial charge in [0, 0.05) is 63.7 Å². The van der Waals surface area contributed by atoms with E-state index in [9.17, 15) is 20.1 Å². The molecule has 1 spiro atoms. The molecule has 3 aromatic heterocycles. The van der Waals surface area contributed by atoms with Crippen molar-refractivity contribution in [2.24, 2.45) is 0 Å². The number of thiophene rings is 3. The molecule has 0 unspecified atom stereocenters. The zero-order valence-corrected chi connectivity index (χ0v) is 29.2. The molecule has 3 heterocycles. The molecule has 4 aliphatic rings. The lowest BCUT2D eigenvalue weighted by Gasteiger charge is -2.35. The Labute approximate surface area is 305 Å². The van der Waals surface area contributed by atoms with Gasteiger partial charge in [-0.15, -0.1) is 34.0 Å². The van der Waals surface area contributed by atoms with E-state index in [1.54, 1.807) is 70.4 Å². The van der Waals surface area contributed by atoms with Gasteiger partial charge in [-0.25, -0.2) is 20.2 Å². The molecule has 1 fully saturated rings. The van der Waals surface area contributed by atoms with Crippen molar-refractivity contribution in [3.63, 3.8) is 0 Å². The van der Waals surface area contributed by atoms with E-state index in [1.807, 2.05) is 36.4 Å². The average Bonchev–Trinajstić information content (AvgIpc) is 3.98. The second kappa shape index (κ2) is 11.6. The molecule has 0 saturated heterocycles. The molecule has 9 heteroatoms. The summed E-state index contributed by atoms with van der Waals surface area (Å²) in [6, 6.07) is 22.7. The van der Waals surface area contributed by atoms with Gasteiger partial charge in [-0.05, 0) is 53.8 Å². The largest absolute Gasteiger partial charge is 0.289 e. The van der Waals surface area contributed by atoms with Crippen molar-refractivity contribution in [1.82, 2.24) is 0 Å². The third-order valence-electron chi connectivity index (χ3n) is 10.4. The number of nitrogens with zero attached hydrogens (tertiary/aromatic N) is 4. The van der Waals surface area contributed by atoms with E-state index in [2.05, 4.69) is 21.8 Å². The summed E-state index contributed by atoms with van der Waals surface area (Å²) in [5.41, 5.74) is 6.18. The Morgan fingerprint density at radius 3 is 1.76 bits per heavy atom. The van der Waals surface area contributed by atoms with Crippen LogP contribution in [0.1, 0.15) is 84.8 Å². The summed E-state index contributed by atoms with van der Waals surface area (Å²) in [5, 5.41) is 19.6. The van der Waals surface area contributed by atoms with E-state index >= 15 is 0 Å². The topological polar surface area (TPSA) is 90.4 Å². The third kappa shape index (κ3) is 4.34. The van der Waals surface area contributed by atoms with Crippen molar-refractivity contribution in [3.8, 4) is 21.9 Å². The molecule has 240 valence electrons. The van der Waals surface area contributed by atoms with Crippen LogP contribution in [0.5, 0.6) is 0 Å². The number of nitriles is 2. The van der Waals surface area contributed by atoms with Crippen LogP contribution in [0.25, 0.3) is 52.1 Å². The Morgan fingerprint density at radius 2 is 1.24 bits per heavy atom. The van der Waals surface area contributed by atoms with Crippen LogP contribution in [0, 0.1) is 35.8 Å². The molecule has 51 heavy (non-hydrogen) atoms. The minimum atomic E-state index is -0.174. The van der Waals surface area contributed by atoms with Gasteiger partial charge in [0.15, 0.2) is 11.6 Å². The zero-order valence-electron chi connectivity index (χ0n) is 26.8. The van der Waals surface area contributed by atoms with Crippen molar-refractivity contribution < 1.29 is 9.59 Å². The Kier molecular flexibility index (Phi) is 7.04. The number of hydrogen-bond donors (Lipinski definition) is 0. The minimum absolute atomic E-state index is 0.0808. The number of carbonyl (C=O) groups excluding carboxylic acids is 2. The Bertz CT molecular complexity index is 2730. The molecular formula is C42H22N4O2S3. The number of allylic oxidation sites excluding steroid dienone is 6. The predicted molar refractivity (Wildman–Crippen MR) is 203 cm³/mol. The fourth-order valence-corrected chi connectivity index (χ4v) is 12.5. The molecule has 0 bridgehead atoms. The van der Waals surface area contributed by atoms with Crippen LogP contribution in [-0.2, 0) is 5.41 Å². The van der Waals surface area contributed by atoms with Crippen molar-refractivity contribution >= 4 is 78.3 Å². The number of hydrogen-bond acceptors (Lipinski definition) is 7. The van der Waals surface area contributed by atoms with Gasteiger partial charge in [-0.2, -0.15) is 0 Å². The van der Waals surface area contributed by atoms with Crippen LogP contribution in [0.2, 0.25) is 0 Å². The highest BCUT2D eigenvalue weighted by Gasteiger charge is 2.48. The first kappa shape index (κ1) is 31.1. The summed E-state index contributed by atoms with van der Waals surface area (Å²) >= 11 is 5.08. The van der Waals surface area contributed by atoms with Gasteiger partial charge >= 0.3 is 0 Å². The van der Waals surface area contributed by atoms with Gasteiger partial charge in [0.25, 0.3) is 11.4 Å². The van der Waals surface area contributed by atoms with E-state index in [1.165, 1.54) is 32.0 Å². The number of Topliss-reactive ketones (excluding diaryl/α,β-unsaturated/α-hetero) is 2. The van der Waals surface area contributed by atoms with Gasteiger partial charge in [0.05, 0.1) is 34.9 Å². The molecule has 9 rings (SSSR count). The lowest BCUT2D eigenvalue weighted by Crippen LogP contribution is -2.27. The molecule has 1 saturated carbocycles. The SMILES string of the molecule is [C-]#[N+]/C(C#N)=C1\C(=C\c2cc3sc4c(c3s2)C2(CCCCC2)c2cc(/C=C3\C(=O)c5ccccc5\C3=C(\C#N)[N+]#[C-])sc2-4)C(=O)c2ccccc21. The fourth-order valence-electron chi connectivity index (χ4n) is 8.34. The lowest BCUT2D eigenvalue weighted by atomic mass is 9.68. The van der Waals surface area contributed by atoms with Gasteiger partial charge in [0.1, 0.15) is 0 Å². The summed E-state index contributed by atoms with van der Waals surface area (Å²) in [7, 11) is 0. The third-order valence-corrected chi connectivity index (χ3v) is 14.0. The summed E-state index contributed by atoms with van der Waals surface area (Å²) in [6.45, 7) is 15.3. The Balaban J connectivity index is 1.18. The molecule has 4 aliphatic carbocycles. The first-order valence-corrected chi connectivity index (χ1v) is 18.8. The van der Waals surface area contributed by atoms with Gasteiger partial charge in [0.2, 0.25) is 0 Å². The summed E-state index contributed by atoms with van der Waals surface area (Å²) in [5.74, 6) is -0.344. The highest BCUT2D eigenvalue weighted by Crippen LogP contribution is 2.64. The molecule has 0 aliphatic heterocycles. The van der Waals surface area contributed by atoms with E-state index in [0.717, 1.165) is 40.1 Å². The van der Waals surface area contributed by atoms with E-state index in [0.29, 0.717) is 44.5 Å². The quantitative estimate of drug-likeness (QED) is 0.104. The minimum Gasteiger partial charge on any atom is -0.289 e. The average molecular weight is 711 g/mol. The van der Waals surface area contributed by atoms with Crippen LogP contribution in [0.3, 0.4) is 0 Å². The van der Waals surface area contributed by atoms with Crippen LogP contribution >= 0.6 is 34.0 Å². The van der Waals surface area contributed by atoms with Gasteiger partial charge < -0.3 is 0 Å². The second-order valence-corrected chi connectivity index (χ2v) is 16.2.